The molecule has 1 aliphatic rings. The Hall–Kier alpha value is -1.42. The van der Waals surface area contributed by atoms with Crippen LogP contribution in [0.4, 0.5) is 0 Å². The van der Waals surface area contributed by atoms with Crippen molar-refractivity contribution in [2.75, 3.05) is 6.54 Å². The zero-order valence-corrected chi connectivity index (χ0v) is 11.3. The van der Waals surface area contributed by atoms with Gasteiger partial charge in [-0.25, -0.2) is 0 Å². The van der Waals surface area contributed by atoms with E-state index in [0.29, 0.717) is 11.4 Å². The molecule has 0 bridgehead atoms. The van der Waals surface area contributed by atoms with Gasteiger partial charge in [0.2, 0.25) is 6.54 Å². The molecule has 4 nitrogen and oxygen atoms in total. The molecule has 0 spiro atoms. The maximum atomic E-state index is 12.0. The van der Waals surface area contributed by atoms with Crippen LogP contribution in [0.2, 0.25) is 5.02 Å². The van der Waals surface area contributed by atoms with Gasteiger partial charge in [-0.05, 0) is 30.5 Å². The largest absolute Gasteiger partial charge is 0.299 e. The van der Waals surface area contributed by atoms with E-state index in [9.17, 15) is 14.9 Å². The Morgan fingerprint density at radius 1 is 1.42 bits per heavy atom. The number of nitrogens with zero attached hydrogens (tertiary/aromatic N) is 1. The number of carbonyl (C=O) groups excluding carboxylic acids is 1. The van der Waals surface area contributed by atoms with Gasteiger partial charge in [0.1, 0.15) is 5.78 Å². The third-order valence-electron chi connectivity index (χ3n) is 3.71. The molecule has 2 atom stereocenters. The Labute approximate surface area is 116 Å². The third-order valence-corrected chi connectivity index (χ3v) is 3.95. The van der Waals surface area contributed by atoms with Gasteiger partial charge in [-0.1, -0.05) is 30.2 Å². The normalized spacial score (nSPS) is 21.1. The van der Waals surface area contributed by atoms with Crippen LogP contribution in [0.15, 0.2) is 24.3 Å². The molecular weight excluding hydrogens is 266 g/mol. The molecule has 1 aromatic rings. The van der Waals surface area contributed by atoms with Gasteiger partial charge in [0.15, 0.2) is 0 Å². The van der Waals surface area contributed by atoms with Crippen molar-refractivity contribution in [2.45, 2.75) is 31.6 Å². The summed E-state index contributed by atoms with van der Waals surface area (Å²) in [5, 5.41) is 11.4. The van der Waals surface area contributed by atoms with Gasteiger partial charge >= 0.3 is 0 Å². The molecule has 1 aromatic carbocycles. The van der Waals surface area contributed by atoms with E-state index in [1.807, 2.05) is 6.07 Å². The van der Waals surface area contributed by atoms with Gasteiger partial charge in [0, 0.05) is 22.3 Å². The zero-order valence-electron chi connectivity index (χ0n) is 10.5. The summed E-state index contributed by atoms with van der Waals surface area (Å²) in [4.78, 5) is 22.6. The molecule has 0 aromatic heterocycles. The smallest absolute Gasteiger partial charge is 0.211 e. The first kappa shape index (κ1) is 14.0. The minimum absolute atomic E-state index is 0.151. The highest BCUT2D eigenvalue weighted by Crippen LogP contribution is 2.34. The lowest BCUT2D eigenvalue weighted by Gasteiger charge is -2.27. The Kier molecular flexibility index (Phi) is 4.53. The lowest BCUT2D eigenvalue weighted by atomic mass is 9.76. The van der Waals surface area contributed by atoms with Gasteiger partial charge < -0.3 is 0 Å². The second kappa shape index (κ2) is 6.15. The highest BCUT2D eigenvalue weighted by Gasteiger charge is 2.34. The van der Waals surface area contributed by atoms with E-state index in [2.05, 4.69) is 0 Å². The fourth-order valence-corrected chi connectivity index (χ4v) is 3.00. The van der Waals surface area contributed by atoms with Crippen molar-refractivity contribution in [3.8, 4) is 0 Å². The van der Waals surface area contributed by atoms with Gasteiger partial charge in [-0.3, -0.25) is 14.9 Å². The lowest BCUT2D eigenvalue weighted by Crippen LogP contribution is -2.30. The van der Waals surface area contributed by atoms with Crippen LogP contribution < -0.4 is 0 Å². The number of carbonyl (C=O) groups is 1. The second-order valence-electron chi connectivity index (χ2n) is 5.00. The van der Waals surface area contributed by atoms with E-state index in [4.69, 9.17) is 11.6 Å². The Morgan fingerprint density at radius 3 is 2.84 bits per heavy atom. The number of hydrogen-bond donors (Lipinski definition) is 0. The summed E-state index contributed by atoms with van der Waals surface area (Å²) >= 11 is 5.95. The molecule has 19 heavy (non-hydrogen) atoms. The van der Waals surface area contributed by atoms with Gasteiger partial charge in [-0.15, -0.1) is 0 Å². The van der Waals surface area contributed by atoms with Gasteiger partial charge in [-0.2, -0.15) is 0 Å². The average Bonchev–Trinajstić information content (AvgIpc) is 2.37. The molecule has 0 N–H and O–H groups in total. The van der Waals surface area contributed by atoms with Crippen LogP contribution >= 0.6 is 11.6 Å². The van der Waals surface area contributed by atoms with E-state index < -0.39 is 0 Å². The highest BCUT2D eigenvalue weighted by atomic mass is 35.5. The SMILES string of the molecule is O=C1CCCCC1[C@H](C[N+](=O)[O-])c1cccc(Cl)c1. The van der Waals surface area contributed by atoms with Crippen molar-refractivity contribution < 1.29 is 9.72 Å². The summed E-state index contributed by atoms with van der Waals surface area (Å²) in [6.07, 6.45) is 3.14. The maximum Gasteiger partial charge on any atom is 0.211 e. The standard InChI is InChI=1S/C14H16ClNO3/c15-11-5-3-4-10(8-11)13(9-16(18)19)12-6-1-2-7-14(12)17/h3-5,8,12-13H,1-2,6-7,9H2/t12?,13-/m1/s1. The summed E-state index contributed by atoms with van der Waals surface area (Å²) in [6.45, 7) is -0.212. The fraction of sp³-hybridized carbons (Fsp3) is 0.500. The first-order chi connectivity index (χ1) is 9.08. The molecule has 102 valence electrons. The maximum absolute atomic E-state index is 12.0. The van der Waals surface area contributed by atoms with E-state index in [1.165, 1.54) is 0 Å². The third kappa shape index (κ3) is 3.53. The van der Waals surface area contributed by atoms with Gasteiger partial charge in [0.25, 0.3) is 0 Å². The summed E-state index contributed by atoms with van der Waals surface area (Å²) < 4.78 is 0. The Morgan fingerprint density at radius 2 is 2.21 bits per heavy atom. The summed E-state index contributed by atoms with van der Waals surface area (Å²) in [6, 6.07) is 7.06. The van der Waals surface area contributed by atoms with Crippen molar-refractivity contribution in [3.05, 3.63) is 45.0 Å². The number of nitro groups is 1. The van der Waals surface area contributed by atoms with Crippen molar-refractivity contribution in [3.63, 3.8) is 0 Å². The van der Waals surface area contributed by atoms with Gasteiger partial charge in [0.05, 0.1) is 5.92 Å². The average molecular weight is 282 g/mol. The molecule has 0 radical (unpaired) electrons. The molecule has 0 heterocycles. The zero-order chi connectivity index (χ0) is 13.8. The first-order valence-electron chi connectivity index (χ1n) is 6.48. The van der Waals surface area contributed by atoms with Crippen molar-refractivity contribution in [1.82, 2.24) is 0 Å². The number of benzene rings is 1. The van der Waals surface area contributed by atoms with Crippen LogP contribution in [-0.4, -0.2) is 17.3 Å². The first-order valence-corrected chi connectivity index (χ1v) is 6.85. The number of ketones is 1. The molecule has 0 amide bonds. The van der Waals surface area contributed by atoms with E-state index in [1.54, 1.807) is 18.2 Å². The minimum atomic E-state index is -0.360. The molecule has 2 rings (SSSR count). The highest BCUT2D eigenvalue weighted by molar-refractivity contribution is 6.30. The summed E-state index contributed by atoms with van der Waals surface area (Å²) in [5.74, 6) is -0.447. The number of Topliss-reactive ketones (excluding diaryl/α,β-unsaturated/α-hetero) is 1. The molecule has 0 saturated heterocycles. The van der Waals surface area contributed by atoms with E-state index in [-0.39, 0.29) is 29.1 Å². The number of hydrogen-bond acceptors (Lipinski definition) is 3. The molecule has 1 aliphatic carbocycles. The van der Waals surface area contributed by atoms with Crippen molar-refractivity contribution >= 4 is 17.4 Å². The Balaban J connectivity index is 2.29. The van der Waals surface area contributed by atoms with Crippen LogP contribution in [0.25, 0.3) is 0 Å². The molecule has 5 heteroatoms. The van der Waals surface area contributed by atoms with Crippen molar-refractivity contribution in [2.24, 2.45) is 5.92 Å². The summed E-state index contributed by atoms with van der Waals surface area (Å²) in [7, 11) is 0. The minimum Gasteiger partial charge on any atom is -0.299 e. The van der Waals surface area contributed by atoms with Crippen LogP contribution in [0.3, 0.4) is 0 Å². The molecular formula is C14H16ClNO3. The molecule has 1 saturated carbocycles. The fourth-order valence-electron chi connectivity index (χ4n) is 2.80. The molecule has 1 unspecified atom stereocenters. The quantitative estimate of drug-likeness (QED) is 0.627. The number of rotatable bonds is 4. The van der Waals surface area contributed by atoms with Crippen LogP contribution in [0.1, 0.15) is 37.2 Å². The topological polar surface area (TPSA) is 60.2 Å². The van der Waals surface area contributed by atoms with E-state index in [0.717, 1.165) is 24.8 Å². The van der Waals surface area contributed by atoms with Crippen LogP contribution in [0.5, 0.6) is 0 Å². The monoisotopic (exact) mass is 281 g/mol. The van der Waals surface area contributed by atoms with E-state index >= 15 is 0 Å². The second-order valence-corrected chi connectivity index (χ2v) is 5.43. The van der Waals surface area contributed by atoms with Crippen LogP contribution in [-0.2, 0) is 4.79 Å². The Bertz CT molecular complexity index is 489. The number of halogens is 1. The molecule has 1 fully saturated rings. The molecule has 0 aliphatic heterocycles. The summed E-state index contributed by atoms with van der Waals surface area (Å²) in [5.41, 5.74) is 0.796. The van der Waals surface area contributed by atoms with Crippen LogP contribution in [0, 0.1) is 16.0 Å². The lowest BCUT2D eigenvalue weighted by molar-refractivity contribution is -0.484. The predicted octanol–water partition coefficient (Wildman–Crippen LogP) is 3.46. The van der Waals surface area contributed by atoms with Crippen molar-refractivity contribution in [1.29, 1.82) is 0 Å². The predicted molar refractivity (Wildman–Crippen MR) is 73.0 cm³/mol.